The molecule has 0 saturated carbocycles. The van der Waals surface area contributed by atoms with Gasteiger partial charge in [0.1, 0.15) is 11.4 Å². The van der Waals surface area contributed by atoms with E-state index in [1.807, 2.05) is 0 Å². The topological polar surface area (TPSA) is 42.2 Å². The van der Waals surface area contributed by atoms with Crippen molar-refractivity contribution in [1.82, 2.24) is 4.57 Å². The van der Waals surface area contributed by atoms with E-state index in [4.69, 9.17) is 5.11 Å². The zero-order valence-corrected chi connectivity index (χ0v) is 9.07. The summed E-state index contributed by atoms with van der Waals surface area (Å²) in [5.74, 6) is -1.32. The number of hydrogen-bond acceptors (Lipinski definition) is 1. The van der Waals surface area contributed by atoms with E-state index < -0.39 is 11.5 Å². The van der Waals surface area contributed by atoms with Gasteiger partial charge in [-0.2, -0.15) is 0 Å². The van der Waals surface area contributed by atoms with Crippen LogP contribution in [0.1, 0.15) is 13.8 Å². The molecule has 0 unspecified atom stereocenters. The first-order valence-electron chi connectivity index (χ1n) is 4.93. The standard InChI is InChI=1S/C12H12FNO2/c1-12(2,11(15)16)14-6-5-8-3-4-9(13)7-10(8)14/h3-7H,1-2H3,(H,15,16). The van der Waals surface area contributed by atoms with Crippen LogP contribution in [0.2, 0.25) is 0 Å². The lowest BCUT2D eigenvalue weighted by Crippen LogP contribution is -2.34. The summed E-state index contributed by atoms with van der Waals surface area (Å²) >= 11 is 0. The second-order valence-electron chi connectivity index (χ2n) is 4.25. The molecule has 0 aliphatic rings. The first kappa shape index (κ1) is 10.7. The molecule has 2 aromatic rings. The lowest BCUT2D eigenvalue weighted by Gasteiger charge is -2.22. The number of fused-ring (bicyclic) bond motifs is 1. The Bertz CT molecular complexity index is 557. The van der Waals surface area contributed by atoms with E-state index in [0.29, 0.717) is 5.52 Å². The van der Waals surface area contributed by atoms with Crippen molar-refractivity contribution in [2.45, 2.75) is 19.4 Å². The minimum Gasteiger partial charge on any atom is -0.480 e. The van der Waals surface area contributed by atoms with Crippen LogP contribution in [0.4, 0.5) is 4.39 Å². The van der Waals surface area contributed by atoms with Gasteiger partial charge in [-0.25, -0.2) is 9.18 Å². The number of aliphatic carboxylic acids is 1. The lowest BCUT2D eigenvalue weighted by molar-refractivity contribution is -0.145. The fourth-order valence-electron chi connectivity index (χ4n) is 1.69. The highest BCUT2D eigenvalue weighted by molar-refractivity contribution is 5.84. The van der Waals surface area contributed by atoms with E-state index in [9.17, 15) is 9.18 Å². The van der Waals surface area contributed by atoms with Crippen LogP contribution >= 0.6 is 0 Å². The van der Waals surface area contributed by atoms with Crippen molar-refractivity contribution in [2.24, 2.45) is 0 Å². The van der Waals surface area contributed by atoms with Crippen LogP contribution in [0.25, 0.3) is 10.9 Å². The van der Waals surface area contributed by atoms with Gasteiger partial charge in [0.25, 0.3) is 0 Å². The summed E-state index contributed by atoms with van der Waals surface area (Å²) in [6.45, 7) is 3.17. The molecule has 16 heavy (non-hydrogen) atoms. The molecule has 0 bridgehead atoms. The third-order valence-corrected chi connectivity index (χ3v) is 2.78. The Morgan fingerprint density at radius 3 is 2.69 bits per heavy atom. The van der Waals surface area contributed by atoms with Gasteiger partial charge < -0.3 is 9.67 Å². The second-order valence-corrected chi connectivity index (χ2v) is 4.25. The maximum absolute atomic E-state index is 13.1. The third kappa shape index (κ3) is 1.46. The smallest absolute Gasteiger partial charge is 0.329 e. The number of benzene rings is 1. The van der Waals surface area contributed by atoms with Gasteiger partial charge in [-0.1, -0.05) is 0 Å². The molecule has 1 aromatic carbocycles. The number of aromatic nitrogens is 1. The van der Waals surface area contributed by atoms with E-state index in [1.54, 1.807) is 36.7 Å². The maximum Gasteiger partial charge on any atom is 0.329 e. The molecule has 1 heterocycles. The van der Waals surface area contributed by atoms with Gasteiger partial charge in [-0.05, 0) is 43.5 Å². The number of halogens is 1. The molecule has 1 N–H and O–H groups in total. The molecule has 0 spiro atoms. The van der Waals surface area contributed by atoms with Crippen molar-refractivity contribution >= 4 is 16.9 Å². The molecule has 0 aliphatic heterocycles. The van der Waals surface area contributed by atoms with Crippen LogP contribution in [0.5, 0.6) is 0 Å². The van der Waals surface area contributed by atoms with Gasteiger partial charge in [0, 0.05) is 6.20 Å². The number of nitrogens with zero attached hydrogens (tertiary/aromatic N) is 1. The Morgan fingerprint density at radius 2 is 2.06 bits per heavy atom. The number of carbonyl (C=O) groups is 1. The average Bonchev–Trinajstić information content (AvgIpc) is 2.60. The molecule has 1 aromatic heterocycles. The third-order valence-electron chi connectivity index (χ3n) is 2.78. The average molecular weight is 221 g/mol. The monoisotopic (exact) mass is 221 g/mol. The molecule has 4 heteroatoms. The molecule has 0 amide bonds. The Kier molecular flexibility index (Phi) is 2.22. The second kappa shape index (κ2) is 3.33. The quantitative estimate of drug-likeness (QED) is 0.846. The van der Waals surface area contributed by atoms with Crippen molar-refractivity contribution in [2.75, 3.05) is 0 Å². The van der Waals surface area contributed by atoms with Crippen molar-refractivity contribution in [1.29, 1.82) is 0 Å². The summed E-state index contributed by atoms with van der Waals surface area (Å²) < 4.78 is 14.7. The summed E-state index contributed by atoms with van der Waals surface area (Å²) in [7, 11) is 0. The van der Waals surface area contributed by atoms with Crippen molar-refractivity contribution < 1.29 is 14.3 Å². The van der Waals surface area contributed by atoms with Gasteiger partial charge in [0.05, 0.1) is 5.52 Å². The first-order valence-corrected chi connectivity index (χ1v) is 4.93. The minimum atomic E-state index is -1.09. The Labute approximate surface area is 92.1 Å². The van der Waals surface area contributed by atoms with Crippen LogP contribution in [0, 0.1) is 5.82 Å². The van der Waals surface area contributed by atoms with E-state index >= 15 is 0 Å². The highest BCUT2D eigenvalue weighted by atomic mass is 19.1. The first-order chi connectivity index (χ1) is 7.43. The normalized spacial score (nSPS) is 11.9. The summed E-state index contributed by atoms with van der Waals surface area (Å²) in [6, 6.07) is 6.12. The molecule has 0 aliphatic carbocycles. The number of hydrogen-bond donors (Lipinski definition) is 1. The number of carboxylic acids is 1. The maximum atomic E-state index is 13.1. The van der Waals surface area contributed by atoms with Crippen molar-refractivity contribution in [3.63, 3.8) is 0 Å². The van der Waals surface area contributed by atoms with E-state index in [-0.39, 0.29) is 5.82 Å². The van der Waals surface area contributed by atoms with Gasteiger partial charge in [-0.3, -0.25) is 0 Å². The molecule has 0 fully saturated rings. The summed E-state index contributed by atoms with van der Waals surface area (Å²) in [5.41, 5.74) is -0.498. The Hall–Kier alpha value is -1.84. The molecule has 0 saturated heterocycles. The van der Waals surface area contributed by atoms with Gasteiger partial charge in [-0.15, -0.1) is 0 Å². The zero-order valence-electron chi connectivity index (χ0n) is 9.07. The van der Waals surface area contributed by atoms with E-state index in [1.165, 1.54) is 12.1 Å². The number of carboxylic acid groups (broad SMARTS) is 1. The summed E-state index contributed by atoms with van der Waals surface area (Å²) in [6.07, 6.45) is 1.66. The fourth-order valence-corrected chi connectivity index (χ4v) is 1.69. The molecule has 3 nitrogen and oxygen atoms in total. The van der Waals surface area contributed by atoms with Crippen LogP contribution in [0.3, 0.4) is 0 Å². The largest absolute Gasteiger partial charge is 0.480 e. The fraction of sp³-hybridized carbons (Fsp3) is 0.250. The summed E-state index contributed by atoms with van der Waals surface area (Å²) in [4.78, 5) is 11.1. The lowest BCUT2D eigenvalue weighted by atomic mass is 10.1. The zero-order chi connectivity index (χ0) is 11.9. The molecular weight excluding hydrogens is 209 g/mol. The van der Waals surface area contributed by atoms with Crippen LogP contribution in [-0.4, -0.2) is 15.6 Å². The molecular formula is C12H12FNO2. The van der Waals surface area contributed by atoms with Crippen molar-refractivity contribution in [3.8, 4) is 0 Å². The van der Waals surface area contributed by atoms with Gasteiger partial charge >= 0.3 is 5.97 Å². The highest BCUT2D eigenvalue weighted by Crippen LogP contribution is 2.25. The van der Waals surface area contributed by atoms with Gasteiger partial charge in [0.15, 0.2) is 0 Å². The van der Waals surface area contributed by atoms with E-state index in [2.05, 4.69) is 0 Å². The Balaban J connectivity index is 2.70. The van der Waals surface area contributed by atoms with E-state index in [0.717, 1.165) is 5.39 Å². The molecule has 0 radical (unpaired) electrons. The summed E-state index contributed by atoms with van der Waals surface area (Å²) in [5, 5.41) is 9.96. The van der Waals surface area contributed by atoms with Crippen LogP contribution in [-0.2, 0) is 10.3 Å². The molecule has 2 rings (SSSR count). The highest BCUT2D eigenvalue weighted by Gasteiger charge is 2.29. The van der Waals surface area contributed by atoms with Crippen molar-refractivity contribution in [3.05, 3.63) is 36.3 Å². The molecule has 0 atom stereocenters. The Morgan fingerprint density at radius 1 is 1.38 bits per heavy atom. The predicted molar refractivity (Wildman–Crippen MR) is 58.9 cm³/mol. The minimum absolute atomic E-state index is 0.367. The predicted octanol–water partition coefficient (Wildman–Crippen LogP) is 2.60. The molecule has 84 valence electrons. The number of rotatable bonds is 2. The SMILES string of the molecule is CC(C)(C(=O)O)n1ccc2ccc(F)cc21. The van der Waals surface area contributed by atoms with Crippen LogP contribution in [0.15, 0.2) is 30.5 Å². The van der Waals surface area contributed by atoms with Gasteiger partial charge in [0.2, 0.25) is 0 Å². The van der Waals surface area contributed by atoms with Crippen LogP contribution < -0.4 is 0 Å².